The van der Waals surface area contributed by atoms with Crippen molar-refractivity contribution in [3.8, 4) is 0 Å². The van der Waals surface area contributed by atoms with Gasteiger partial charge in [0.05, 0.1) is 10.6 Å². The zero-order valence-electron chi connectivity index (χ0n) is 9.37. The molecule has 1 rings (SSSR count). The first-order valence-corrected chi connectivity index (χ1v) is 5.42. The SMILES string of the molecule is CC(CC(N)=O)NC(=O)c1c(N)cccc1Cl. The van der Waals surface area contributed by atoms with Gasteiger partial charge in [0.1, 0.15) is 0 Å². The highest BCUT2D eigenvalue weighted by atomic mass is 35.5. The van der Waals surface area contributed by atoms with Gasteiger partial charge in [0.25, 0.3) is 5.91 Å². The topological polar surface area (TPSA) is 98.2 Å². The van der Waals surface area contributed by atoms with Crippen molar-refractivity contribution in [2.24, 2.45) is 5.73 Å². The normalized spacial score (nSPS) is 11.9. The van der Waals surface area contributed by atoms with Crippen LogP contribution in [0.1, 0.15) is 23.7 Å². The van der Waals surface area contributed by atoms with Crippen LogP contribution in [-0.4, -0.2) is 17.9 Å². The number of rotatable bonds is 4. The van der Waals surface area contributed by atoms with Crippen molar-refractivity contribution >= 4 is 29.1 Å². The van der Waals surface area contributed by atoms with E-state index in [1.165, 1.54) is 0 Å². The van der Waals surface area contributed by atoms with Crippen LogP contribution in [0.2, 0.25) is 5.02 Å². The first-order valence-electron chi connectivity index (χ1n) is 5.05. The van der Waals surface area contributed by atoms with Gasteiger partial charge in [-0.05, 0) is 19.1 Å². The summed E-state index contributed by atoms with van der Waals surface area (Å²) in [5.74, 6) is -0.896. The number of primary amides is 1. The van der Waals surface area contributed by atoms with Crippen LogP contribution in [0.5, 0.6) is 0 Å². The fraction of sp³-hybridized carbons (Fsp3) is 0.273. The molecule has 5 N–H and O–H groups in total. The van der Waals surface area contributed by atoms with Crippen LogP contribution in [0.3, 0.4) is 0 Å². The van der Waals surface area contributed by atoms with Gasteiger partial charge in [-0.25, -0.2) is 0 Å². The van der Waals surface area contributed by atoms with Crippen molar-refractivity contribution < 1.29 is 9.59 Å². The molecule has 0 saturated heterocycles. The maximum atomic E-state index is 11.9. The fourth-order valence-corrected chi connectivity index (χ4v) is 1.70. The highest BCUT2D eigenvalue weighted by molar-refractivity contribution is 6.34. The lowest BCUT2D eigenvalue weighted by Gasteiger charge is -2.13. The predicted octanol–water partition coefficient (Wildman–Crippen LogP) is 0.916. The standard InChI is InChI=1S/C11H14ClN3O2/c1-6(5-9(14)16)15-11(17)10-7(12)3-2-4-8(10)13/h2-4,6H,5,13H2,1H3,(H2,14,16)(H,15,17). The third kappa shape index (κ3) is 3.64. The van der Waals surface area contributed by atoms with Crippen LogP contribution < -0.4 is 16.8 Å². The van der Waals surface area contributed by atoms with Gasteiger partial charge in [-0.3, -0.25) is 9.59 Å². The van der Waals surface area contributed by atoms with Gasteiger partial charge in [-0.15, -0.1) is 0 Å². The number of nitrogen functional groups attached to an aromatic ring is 1. The van der Waals surface area contributed by atoms with E-state index in [2.05, 4.69) is 5.32 Å². The molecule has 0 radical (unpaired) electrons. The van der Waals surface area contributed by atoms with Gasteiger partial charge in [-0.1, -0.05) is 17.7 Å². The first kappa shape index (κ1) is 13.3. The van der Waals surface area contributed by atoms with Crippen molar-refractivity contribution in [3.05, 3.63) is 28.8 Å². The quantitative estimate of drug-likeness (QED) is 0.698. The van der Waals surface area contributed by atoms with Crippen LogP contribution in [0, 0.1) is 0 Å². The lowest BCUT2D eigenvalue weighted by molar-refractivity contribution is -0.118. The van der Waals surface area contributed by atoms with Crippen LogP contribution in [0.25, 0.3) is 0 Å². The Morgan fingerprint density at radius 3 is 2.65 bits per heavy atom. The van der Waals surface area contributed by atoms with E-state index in [9.17, 15) is 9.59 Å². The number of nitrogens with two attached hydrogens (primary N) is 2. The molecule has 0 aliphatic carbocycles. The van der Waals surface area contributed by atoms with Gasteiger partial charge in [0.15, 0.2) is 0 Å². The Labute approximate surface area is 104 Å². The number of amides is 2. The number of halogens is 1. The van der Waals surface area contributed by atoms with E-state index in [4.69, 9.17) is 23.1 Å². The Balaban J connectivity index is 2.80. The molecule has 1 aromatic carbocycles. The van der Waals surface area contributed by atoms with E-state index in [0.717, 1.165) is 0 Å². The first-order chi connectivity index (χ1) is 7.91. The highest BCUT2D eigenvalue weighted by Gasteiger charge is 2.16. The van der Waals surface area contributed by atoms with Crippen molar-refractivity contribution in [2.75, 3.05) is 5.73 Å². The minimum Gasteiger partial charge on any atom is -0.398 e. The Hall–Kier alpha value is -1.75. The molecule has 0 aliphatic heterocycles. The smallest absolute Gasteiger partial charge is 0.255 e. The molecular formula is C11H14ClN3O2. The summed E-state index contributed by atoms with van der Waals surface area (Å²) in [6, 6.07) is 4.45. The maximum Gasteiger partial charge on any atom is 0.255 e. The van der Waals surface area contributed by atoms with E-state index in [-0.39, 0.29) is 23.0 Å². The van der Waals surface area contributed by atoms with Crippen molar-refractivity contribution in [2.45, 2.75) is 19.4 Å². The molecule has 6 heteroatoms. The number of nitrogens with one attached hydrogen (secondary N) is 1. The summed E-state index contributed by atoms with van der Waals surface area (Å²) in [6.45, 7) is 1.68. The fourth-order valence-electron chi connectivity index (χ4n) is 1.43. The van der Waals surface area contributed by atoms with Gasteiger partial charge in [0.2, 0.25) is 5.91 Å². The third-order valence-corrected chi connectivity index (χ3v) is 2.47. The number of benzene rings is 1. The largest absolute Gasteiger partial charge is 0.398 e. The van der Waals surface area contributed by atoms with Crippen molar-refractivity contribution in [3.63, 3.8) is 0 Å². The summed E-state index contributed by atoms with van der Waals surface area (Å²) in [6.07, 6.45) is 0.0656. The van der Waals surface area contributed by atoms with Gasteiger partial charge in [0, 0.05) is 18.2 Å². The summed E-state index contributed by atoms with van der Waals surface area (Å²) >= 11 is 5.88. The summed E-state index contributed by atoms with van der Waals surface area (Å²) in [4.78, 5) is 22.5. The molecular weight excluding hydrogens is 242 g/mol. The van der Waals surface area contributed by atoms with E-state index in [0.29, 0.717) is 5.69 Å². The summed E-state index contributed by atoms with van der Waals surface area (Å²) in [5, 5.41) is 2.88. The van der Waals surface area contributed by atoms with Crippen molar-refractivity contribution in [1.82, 2.24) is 5.32 Å². The second-order valence-electron chi connectivity index (χ2n) is 3.75. The number of carbonyl (C=O) groups excluding carboxylic acids is 2. The van der Waals surface area contributed by atoms with E-state index >= 15 is 0 Å². The molecule has 17 heavy (non-hydrogen) atoms. The van der Waals surface area contributed by atoms with Crippen molar-refractivity contribution in [1.29, 1.82) is 0 Å². The molecule has 0 bridgehead atoms. The molecule has 2 amide bonds. The third-order valence-electron chi connectivity index (χ3n) is 2.16. The lowest BCUT2D eigenvalue weighted by atomic mass is 10.1. The van der Waals surface area contributed by atoms with Gasteiger partial charge in [-0.2, -0.15) is 0 Å². The zero-order valence-corrected chi connectivity index (χ0v) is 10.1. The van der Waals surface area contributed by atoms with E-state index in [1.807, 2.05) is 0 Å². The average Bonchev–Trinajstić information content (AvgIpc) is 2.15. The maximum absolute atomic E-state index is 11.9. The number of carbonyl (C=O) groups is 2. The average molecular weight is 256 g/mol. The molecule has 0 spiro atoms. The molecule has 0 aromatic heterocycles. The number of hydrogen-bond donors (Lipinski definition) is 3. The predicted molar refractivity (Wildman–Crippen MR) is 66.6 cm³/mol. The molecule has 0 heterocycles. The molecule has 5 nitrogen and oxygen atoms in total. The molecule has 0 fully saturated rings. The highest BCUT2D eigenvalue weighted by Crippen LogP contribution is 2.21. The minimum absolute atomic E-state index is 0.0656. The molecule has 0 aliphatic rings. The van der Waals surface area contributed by atoms with Crippen LogP contribution in [0.15, 0.2) is 18.2 Å². The zero-order chi connectivity index (χ0) is 13.0. The van der Waals surface area contributed by atoms with Gasteiger partial charge < -0.3 is 16.8 Å². The molecule has 1 aromatic rings. The summed E-state index contributed by atoms with van der Waals surface area (Å²) in [5.41, 5.74) is 11.2. The Morgan fingerprint density at radius 2 is 2.12 bits per heavy atom. The molecule has 1 atom stereocenters. The Bertz CT molecular complexity index is 428. The summed E-state index contributed by atoms with van der Waals surface area (Å²) in [7, 11) is 0. The second kappa shape index (κ2) is 5.54. The molecule has 0 saturated carbocycles. The Morgan fingerprint density at radius 1 is 1.47 bits per heavy atom. The van der Waals surface area contributed by atoms with E-state index < -0.39 is 11.8 Å². The monoisotopic (exact) mass is 255 g/mol. The number of hydrogen-bond acceptors (Lipinski definition) is 3. The minimum atomic E-state index is -0.482. The molecule has 92 valence electrons. The number of anilines is 1. The van der Waals surface area contributed by atoms with E-state index in [1.54, 1.807) is 25.1 Å². The van der Waals surface area contributed by atoms with Crippen LogP contribution in [-0.2, 0) is 4.79 Å². The molecule has 1 unspecified atom stereocenters. The van der Waals surface area contributed by atoms with Crippen LogP contribution in [0.4, 0.5) is 5.69 Å². The second-order valence-corrected chi connectivity index (χ2v) is 4.16. The lowest BCUT2D eigenvalue weighted by Crippen LogP contribution is -2.36. The Kier molecular flexibility index (Phi) is 4.34. The summed E-state index contributed by atoms with van der Waals surface area (Å²) < 4.78 is 0. The van der Waals surface area contributed by atoms with Crippen LogP contribution >= 0.6 is 11.6 Å². The van der Waals surface area contributed by atoms with Gasteiger partial charge >= 0.3 is 0 Å².